The number of amides is 1. The van der Waals surface area contributed by atoms with E-state index in [0.29, 0.717) is 32.6 Å². The Morgan fingerprint density at radius 1 is 1.53 bits per heavy atom. The second-order valence-electron chi connectivity index (χ2n) is 4.72. The van der Waals surface area contributed by atoms with Gasteiger partial charge >= 0.3 is 0 Å². The Labute approximate surface area is 112 Å². The normalized spacial score (nSPS) is 17.6. The molecule has 1 amide bonds. The summed E-state index contributed by atoms with van der Waals surface area (Å²) < 4.78 is 7.17. The molecule has 1 N–H and O–H groups in total. The van der Waals surface area contributed by atoms with Gasteiger partial charge in [-0.2, -0.15) is 5.26 Å². The lowest BCUT2D eigenvalue weighted by molar-refractivity contribution is -0.132. The summed E-state index contributed by atoms with van der Waals surface area (Å²) in [6, 6.07) is 2.16. The Hall–Kier alpha value is -1.87. The number of aromatic nitrogens is 2. The van der Waals surface area contributed by atoms with Crippen LogP contribution in [0.15, 0.2) is 18.7 Å². The minimum atomic E-state index is -0.896. The van der Waals surface area contributed by atoms with Crippen LogP contribution in [0.5, 0.6) is 0 Å². The molecule has 6 heteroatoms. The molecule has 0 spiro atoms. The van der Waals surface area contributed by atoms with Crippen LogP contribution < -0.4 is 5.32 Å². The Kier molecular flexibility index (Phi) is 4.53. The number of carbonyl (C=O) groups excluding carboxylic acids is 1. The molecule has 0 aliphatic carbocycles. The van der Waals surface area contributed by atoms with Crippen LogP contribution in [0.2, 0.25) is 0 Å². The number of nitriles is 1. The molecule has 0 unspecified atom stereocenters. The van der Waals surface area contributed by atoms with Gasteiger partial charge in [0.05, 0.1) is 12.4 Å². The van der Waals surface area contributed by atoms with E-state index in [4.69, 9.17) is 4.74 Å². The van der Waals surface area contributed by atoms with Crippen molar-refractivity contribution in [3.63, 3.8) is 0 Å². The maximum Gasteiger partial charge on any atom is 0.240 e. The molecule has 1 aromatic rings. The largest absolute Gasteiger partial charge is 0.381 e. The highest BCUT2D eigenvalue weighted by atomic mass is 16.5. The quantitative estimate of drug-likeness (QED) is 0.792. The first-order chi connectivity index (χ1) is 9.27. The van der Waals surface area contributed by atoms with Gasteiger partial charge in [-0.15, -0.1) is 0 Å². The predicted molar refractivity (Wildman–Crippen MR) is 68.0 cm³/mol. The lowest BCUT2D eigenvalue weighted by Crippen LogP contribution is -2.44. The minimum Gasteiger partial charge on any atom is -0.381 e. The third-order valence-corrected chi connectivity index (χ3v) is 3.43. The fourth-order valence-corrected chi connectivity index (χ4v) is 2.16. The fraction of sp³-hybridized carbons (Fsp3) is 0.615. The van der Waals surface area contributed by atoms with Crippen LogP contribution in [-0.4, -0.2) is 35.2 Å². The number of nitrogens with one attached hydrogen (secondary N) is 1. The minimum absolute atomic E-state index is 0.163. The van der Waals surface area contributed by atoms with Crippen LogP contribution in [0, 0.1) is 16.7 Å². The molecule has 0 saturated carbocycles. The standard InChI is InChI=1S/C13H18N4O2/c14-10-13(2-8-19-9-3-13)12(18)16-4-1-6-17-7-5-15-11-17/h5,7,11H,1-4,6,8-9H2,(H,16,18). The van der Waals surface area contributed by atoms with Gasteiger partial charge in [0.15, 0.2) is 0 Å². The highest BCUT2D eigenvalue weighted by Crippen LogP contribution is 2.29. The van der Waals surface area contributed by atoms with E-state index in [-0.39, 0.29) is 5.91 Å². The maximum absolute atomic E-state index is 12.1. The number of carbonyl (C=O) groups is 1. The summed E-state index contributed by atoms with van der Waals surface area (Å²) in [7, 11) is 0. The van der Waals surface area contributed by atoms with Crippen LogP contribution in [0.3, 0.4) is 0 Å². The third-order valence-electron chi connectivity index (χ3n) is 3.43. The number of hydrogen-bond donors (Lipinski definition) is 1. The summed E-state index contributed by atoms with van der Waals surface area (Å²) in [6.45, 7) is 2.34. The average Bonchev–Trinajstić information content (AvgIpc) is 2.97. The van der Waals surface area contributed by atoms with Gasteiger partial charge in [0.25, 0.3) is 0 Å². The number of rotatable bonds is 5. The smallest absolute Gasteiger partial charge is 0.240 e. The first kappa shape index (κ1) is 13.6. The predicted octanol–water partition coefficient (Wildman–Crippen LogP) is 0.710. The van der Waals surface area contributed by atoms with Gasteiger partial charge in [0, 0.05) is 38.7 Å². The van der Waals surface area contributed by atoms with E-state index in [2.05, 4.69) is 16.4 Å². The topological polar surface area (TPSA) is 79.9 Å². The monoisotopic (exact) mass is 262 g/mol. The van der Waals surface area contributed by atoms with Gasteiger partial charge in [-0.3, -0.25) is 4.79 Å². The maximum atomic E-state index is 12.1. The summed E-state index contributed by atoms with van der Waals surface area (Å²) in [4.78, 5) is 16.1. The van der Waals surface area contributed by atoms with Gasteiger partial charge in [0.1, 0.15) is 5.41 Å². The zero-order chi connectivity index (χ0) is 13.6. The van der Waals surface area contributed by atoms with Crippen LogP contribution in [0.25, 0.3) is 0 Å². The van der Waals surface area contributed by atoms with E-state index in [1.807, 2.05) is 10.8 Å². The molecule has 2 heterocycles. The molecular formula is C13H18N4O2. The van der Waals surface area contributed by atoms with Crippen molar-refractivity contribution in [3.05, 3.63) is 18.7 Å². The van der Waals surface area contributed by atoms with Gasteiger partial charge in [-0.1, -0.05) is 0 Å². The van der Waals surface area contributed by atoms with Crippen molar-refractivity contribution in [1.82, 2.24) is 14.9 Å². The average molecular weight is 262 g/mol. The molecule has 1 aliphatic rings. The second-order valence-corrected chi connectivity index (χ2v) is 4.72. The SMILES string of the molecule is N#CC1(C(=O)NCCCn2ccnc2)CCOCC1. The zero-order valence-corrected chi connectivity index (χ0v) is 10.8. The summed E-state index contributed by atoms with van der Waals surface area (Å²) in [5, 5.41) is 12.1. The Morgan fingerprint density at radius 2 is 2.32 bits per heavy atom. The van der Waals surface area contributed by atoms with Crippen molar-refractivity contribution in [1.29, 1.82) is 5.26 Å². The highest BCUT2D eigenvalue weighted by molar-refractivity contribution is 5.85. The van der Waals surface area contributed by atoms with Crippen molar-refractivity contribution < 1.29 is 9.53 Å². The number of nitrogens with zero attached hydrogens (tertiary/aromatic N) is 3. The van der Waals surface area contributed by atoms with Crippen molar-refractivity contribution in [2.24, 2.45) is 5.41 Å². The van der Waals surface area contributed by atoms with Crippen LogP contribution >= 0.6 is 0 Å². The van der Waals surface area contributed by atoms with Crippen molar-refractivity contribution in [3.8, 4) is 6.07 Å². The van der Waals surface area contributed by atoms with Gasteiger partial charge in [-0.25, -0.2) is 4.98 Å². The molecule has 1 saturated heterocycles. The summed E-state index contributed by atoms with van der Waals surface area (Å²) in [5.74, 6) is -0.163. The molecule has 19 heavy (non-hydrogen) atoms. The van der Waals surface area contributed by atoms with E-state index in [0.717, 1.165) is 13.0 Å². The molecule has 1 aliphatic heterocycles. The van der Waals surface area contributed by atoms with Gasteiger partial charge < -0.3 is 14.6 Å². The van der Waals surface area contributed by atoms with Crippen molar-refractivity contribution in [2.75, 3.05) is 19.8 Å². The summed E-state index contributed by atoms with van der Waals surface area (Å²) in [6.07, 6.45) is 7.15. The van der Waals surface area contributed by atoms with E-state index >= 15 is 0 Å². The Balaban J connectivity index is 1.75. The van der Waals surface area contributed by atoms with E-state index in [1.165, 1.54) is 0 Å². The summed E-state index contributed by atoms with van der Waals surface area (Å²) >= 11 is 0. The Morgan fingerprint density at radius 3 is 2.95 bits per heavy atom. The van der Waals surface area contributed by atoms with Gasteiger partial charge in [0.2, 0.25) is 5.91 Å². The van der Waals surface area contributed by atoms with Crippen LogP contribution in [0.4, 0.5) is 0 Å². The number of imidazole rings is 1. The van der Waals surface area contributed by atoms with Gasteiger partial charge in [-0.05, 0) is 19.3 Å². The number of ether oxygens (including phenoxy) is 1. The molecule has 0 aromatic carbocycles. The lowest BCUT2D eigenvalue weighted by atomic mass is 9.81. The molecule has 1 fully saturated rings. The first-order valence-electron chi connectivity index (χ1n) is 6.50. The summed E-state index contributed by atoms with van der Waals surface area (Å²) in [5.41, 5.74) is -0.896. The lowest BCUT2D eigenvalue weighted by Gasteiger charge is -2.29. The molecule has 6 nitrogen and oxygen atoms in total. The van der Waals surface area contributed by atoms with E-state index < -0.39 is 5.41 Å². The van der Waals surface area contributed by atoms with Crippen LogP contribution in [-0.2, 0) is 16.1 Å². The molecule has 1 aromatic heterocycles. The third kappa shape index (κ3) is 3.32. The zero-order valence-electron chi connectivity index (χ0n) is 10.8. The first-order valence-corrected chi connectivity index (χ1v) is 6.50. The number of aryl methyl sites for hydroxylation is 1. The van der Waals surface area contributed by atoms with Crippen LogP contribution in [0.1, 0.15) is 19.3 Å². The number of hydrogen-bond acceptors (Lipinski definition) is 4. The molecule has 2 rings (SSSR count). The van der Waals surface area contributed by atoms with E-state index in [9.17, 15) is 10.1 Å². The molecular weight excluding hydrogens is 244 g/mol. The van der Waals surface area contributed by atoms with E-state index in [1.54, 1.807) is 12.5 Å². The Bertz CT molecular complexity index is 444. The van der Waals surface area contributed by atoms with Crippen molar-refractivity contribution in [2.45, 2.75) is 25.8 Å². The molecule has 102 valence electrons. The molecule has 0 bridgehead atoms. The highest BCUT2D eigenvalue weighted by Gasteiger charge is 2.40. The second kappa shape index (κ2) is 6.34. The molecule has 0 radical (unpaired) electrons. The van der Waals surface area contributed by atoms with Crippen molar-refractivity contribution >= 4 is 5.91 Å². The molecule has 0 atom stereocenters. The fourth-order valence-electron chi connectivity index (χ4n) is 2.16.